The highest BCUT2D eigenvalue weighted by Gasteiger charge is 2.19. The van der Waals surface area contributed by atoms with Crippen LogP contribution < -0.4 is 0 Å². The molecule has 0 atom stereocenters. The first-order valence-electron chi connectivity index (χ1n) is 7.41. The molecule has 3 heteroatoms. The minimum absolute atomic E-state index is 0.00369. The molecule has 0 aliphatic heterocycles. The highest BCUT2D eigenvalue weighted by Crippen LogP contribution is 2.23. The van der Waals surface area contributed by atoms with Crippen molar-refractivity contribution < 1.29 is 4.79 Å². The van der Waals surface area contributed by atoms with Gasteiger partial charge in [0.2, 0.25) is 5.78 Å². The van der Waals surface area contributed by atoms with Crippen molar-refractivity contribution in [3.63, 3.8) is 0 Å². The van der Waals surface area contributed by atoms with E-state index in [0.29, 0.717) is 11.3 Å². The Balaban J connectivity index is 2.07. The summed E-state index contributed by atoms with van der Waals surface area (Å²) >= 11 is 0. The Morgan fingerprint density at radius 3 is 2.14 bits per heavy atom. The monoisotopic (exact) mass is 290 g/mol. The largest absolute Gasteiger partial charge is 0.287 e. The number of ketones is 1. The van der Waals surface area contributed by atoms with Gasteiger partial charge in [0.1, 0.15) is 5.69 Å². The number of rotatable bonds is 4. The predicted molar refractivity (Wildman–Crippen MR) is 87.9 cm³/mol. The number of benzene rings is 2. The molecule has 0 saturated carbocycles. The Kier molecular flexibility index (Phi) is 3.88. The fraction of sp³-hybridized carbons (Fsp3) is 0.158. The quantitative estimate of drug-likeness (QED) is 0.669. The van der Waals surface area contributed by atoms with Gasteiger partial charge in [-0.1, -0.05) is 60.7 Å². The lowest BCUT2D eigenvalue weighted by Gasteiger charge is -2.09. The first-order chi connectivity index (χ1) is 10.7. The zero-order valence-corrected chi connectivity index (χ0v) is 12.7. The number of hydrogen-bond acceptors (Lipinski definition) is 2. The van der Waals surface area contributed by atoms with Crippen LogP contribution in [0, 0.1) is 0 Å². The first kappa shape index (κ1) is 14.3. The molecule has 0 N–H and O–H groups in total. The van der Waals surface area contributed by atoms with E-state index < -0.39 is 0 Å². The number of aromatic nitrogens is 2. The molecule has 0 bridgehead atoms. The topological polar surface area (TPSA) is 34.9 Å². The fourth-order valence-electron chi connectivity index (χ4n) is 2.45. The molecule has 110 valence electrons. The summed E-state index contributed by atoms with van der Waals surface area (Å²) in [5.74, 6) is 0.00369. The van der Waals surface area contributed by atoms with E-state index in [2.05, 4.69) is 5.10 Å². The van der Waals surface area contributed by atoms with Gasteiger partial charge in [0.25, 0.3) is 0 Å². The molecule has 1 aromatic heterocycles. The van der Waals surface area contributed by atoms with Crippen molar-refractivity contribution in [2.45, 2.75) is 19.9 Å². The van der Waals surface area contributed by atoms with Crippen LogP contribution in [0.25, 0.3) is 11.3 Å². The van der Waals surface area contributed by atoms with Crippen LogP contribution in [-0.2, 0) is 0 Å². The zero-order valence-electron chi connectivity index (χ0n) is 12.7. The summed E-state index contributed by atoms with van der Waals surface area (Å²) in [6, 6.07) is 21.3. The average Bonchev–Trinajstić information content (AvgIpc) is 3.01. The van der Waals surface area contributed by atoms with E-state index in [1.54, 1.807) is 4.68 Å². The van der Waals surface area contributed by atoms with Gasteiger partial charge in [0.05, 0.1) is 5.69 Å². The molecule has 3 aromatic rings. The number of nitrogens with zero attached hydrogens (tertiary/aromatic N) is 2. The van der Waals surface area contributed by atoms with Gasteiger partial charge in [-0.2, -0.15) is 5.10 Å². The van der Waals surface area contributed by atoms with Gasteiger partial charge in [-0.3, -0.25) is 9.48 Å². The number of carbonyl (C=O) groups is 1. The molecule has 0 amide bonds. The van der Waals surface area contributed by atoms with E-state index in [-0.39, 0.29) is 11.8 Å². The lowest BCUT2D eigenvalue weighted by atomic mass is 10.1. The lowest BCUT2D eigenvalue weighted by molar-refractivity contribution is 0.102. The maximum atomic E-state index is 12.8. The minimum atomic E-state index is 0.00369. The summed E-state index contributed by atoms with van der Waals surface area (Å²) in [5, 5.41) is 4.62. The predicted octanol–water partition coefficient (Wildman–Crippen LogP) is 4.36. The molecule has 1 heterocycles. The Labute approximate surface area is 130 Å². The molecule has 0 unspecified atom stereocenters. The lowest BCUT2D eigenvalue weighted by Crippen LogP contribution is -2.13. The third kappa shape index (κ3) is 2.70. The van der Waals surface area contributed by atoms with Crippen molar-refractivity contribution >= 4 is 5.78 Å². The SMILES string of the molecule is CC(C)n1nc(-c2ccccc2)cc1C(=O)c1ccccc1. The van der Waals surface area contributed by atoms with Crippen molar-refractivity contribution in [3.8, 4) is 11.3 Å². The Bertz CT molecular complexity index is 774. The van der Waals surface area contributed by atoms with Crippen LogP contribution in [0.5, 0.6) is 0 Å². The smallest absolute Gasteiger partial charge is 0.211 e. The van der Waals surface area contributed by atoms with Gasteiger partial charge in [-0.05, 0) is 19.9 Å². The average molecular weight is 290 g/mol. The number of hydrogen-bond donors (Lipinski definition) is 0. The van der Waals surface area contributed by atoms with Gasteiger partial charge in [0, 0.05) is 17.2 Å². The molecule has 0 radical (unpaired) electrons. The van der Waals surface area contributed by atoms with Crippen molar-refractivity contribution in [3.05, 3.63) is 78.0 Å². The van der Waals surface area contributed by atoms with E-state index in [1.165, 1.54) is 0 Å². The third-order valence-electron chi connectivity index (χ3n) is 3.56. The first-order valence-corrected chi connectivity index (χ1v) is 7.41. The molecule has 0 saturated heterocycles. The Hall–Kier alpha value is -2.68. The van der Waals surface area contributed by atoms with Crippen molar-refractivity contribution in [1.82, 2.24) is 9.78 Å². The standard InChI is InChI=1S/C19H18N2O/c1-14(2)21-18(19(22)16-11-7-4-8-12-16)13-17(20-21)15-9-5-3-6-10-15/h3-14H,1-2H3. The second-order valence-corrected chi connectivity index (χ2v) is 5.51. The van der Waals surface area contributed by atoms with Gasteiger partial charge >= 0.3 is 0 Å². The van der Waals surface area contributed by atoms with Crippen LogP contribution in [0.3, 0.4) is 0 Å². The molecular formula is C19H18N2O. The van der Waals surface area contributed by atoms with Crippen LogP contribution >= 0.6 is 0 Å². The minimum Gasteiger partial charge on any atom is -0.287 e. The molecular weight excluding hydrogens is 272 g/mol. The second-order valence-electron chi connectivity index (χ2n) is 5.51. The molecule has 0 aliphatic rings. The van der Waals surface area contributed by atoms with Gasteiger partial charge < -0.3 is 0 Å². The van der Waals surface area contributed by atoms with E-state index in [0.717, 1.165) is 11.3 Å². The van der Waals surface area contributed by atoms with Gasteiger partial charge in [0.15, 0.2) is 0 Å². The summed E-state index contributed by atoms with van der Waals surface area (Å²) in [6.45, 7) is 4.06. The Morgan fingerprint density at radius 1 is 0.955 bits per heavy atom. The van der Waals surface area contributed by atoms with Gasteiger partial charge in [-0.15, -0.1) is 0 Å². The van der Waals surface area contributed by atoms with Crippen LogP contribution in [0.2, 0.25) is 0 Å². The van der Waals surface area contributed by atoms with Crippen molar-refractivity contribution in [2.75, 3.05) is 0 Å². The van der Waals surface area contributed by atoms with Gasteiger partial charge in [-0.25, -0.2) is 0 Å². The molecule has 3 rings (SSSR count). The molecule has 3 nitrogen and oxygen atoms in total. The maximum Gasteiger partial charge on any atom is 0.211 e. The highest BCUT2D eigenvalue weighted by molar-refractivity contribution is 6.08. The van der Waals surface area contributed by atoms with Crippen LogP contribution in [-0.4, -0.2) is 15.6 Å². The second kappa shape index (κ2) is 5.98. The molecule has 0 spiro atoms. The summed E-state index contributed by atoms with van der Waals surface area (Å²) in [4.78, 5) is 12.8. The molecule has 2 aromatic carbocycles. The van der Waals surface area contributed by atoms with Crippen molar-refractivity contribution in [1.29, 1.82) is 0 Å². The van der Waals surface area contributed by atoms with Crippen molar-refractivity contribution in [2.24, 2.45) is 0 Å². The van der Waals surface area contributed by atoms with E-state index >= 15 is 0 Å². The summed E-state index contributed by atoms with van der Waals surface area (Å²) in [5.41, 5.74) is 3.15. The van der Waals surface area contributed by atoms with E-state index in [9.17, 15) is 4.79 Å². The van der Waals surface area contributed by atoms with E-state index in [4.69, 9.17) is 0 Å². The summed E-state index contributed by atoms with van der Waals surface area (Å²) in [7, 11) is 0. The van der Waals surface area contributed by atoms with E-state index in [1.807, 2.05) is 80.6 Å². The Morgan fingerprint density at radius 2 is 1.55 bits per heavy atom. The van der Waals surface area contributed by atoms with Crippen LogP contribution in [0.1, 0.15) is 35.9 Å². The highest BCUT2D eigenvalue weighted by atomic mass is 16.1. The zero-order chi connectivity index (χ0) is 15.5. The molecule has 0 fully saturated rings. The normalized spacial score (nSPS) is 10.9. The van der Waals surface area contributed by atoms with Crippen LogP contribution in [0.15, 0.2) is 66.7 Å². The molecule has 0 aliphatic carbocycles. The fourth-order valence-corrected chi connectivity index (χ4v) is 2.45. The summed E-state index contributed by atoms with van der Waals surface area (Å²) < 4.78 is 1.80. The summed E-state index contributed by atoms with van der Waals surface area (Å²) in [6.07, 6.45) is 0. The number of carbonyl (C=O) groups excluding carboxylic acids is 1. The third-order valence-corrected chi connectivity index (χ3v) is 3.56. The van der Waals surface area contributed by atoms with Crippen LogP contribution in [0.4, 0.5) is 0 Å². The molecule has 22 heavy (non-hydrogen) atoms. The maximum absolute atomic E-state index is 12.8.